The highest BCUT2D eigenvalue weighted by Gasteiger charge is 2.23. The van der Waals surface area contributed by atoms with Crippen LogP contribution < -0.4 is 20.2 Å². The van der Waals surface area contributed by atoms with Gasteiger partial charge in [-0.2, -0.15) is 9.50 Å². The molecule has 0 unspecified atom stereocenters. The minimum atomic E-state index is -0.780. The van der Waals surface area contributed by atoms with Crippen molar-refractivity contribution in [2.24, 2.45) is 0 Å². The van der Waals surface area contributed by atoms with Crippen molar-refractivity contribution in [3.05, 3.63) is 51.8 Å². The molecule has 0 saturated carbocycles. The number of nitrogen functional groups attached to an aromatic ring is 1. The van der Waals surface area contributed by atoms with E-state index in [4.69, 9.17) is 23.3 Å². The van der Waals surface area contributed by atoms with E-state index in [9.17, 15) is 13.6 Å². The molecule has 1 aliphatic rings. The highest BCUT2D eigenvalue weighted by molar-refractivity contribution is 7.89. The fraction of sp³-hybridized carbons (Fsp3) is 0.360. The Kier molecular flexibility index (Phi) is 8.25. The zero-order chi connectivity index (χ0) is 29.2. The molecule has 2 N–H and O–H groups in total. The standard InChI is InChI=1S/C25H26F2N8O5S2/c1-37-42-40-12-11-39-19-14-17(15(26)13-16(19)27)33-7-4-32(5-8-33)6-9-34-22-20(41-25(34)36)23-29-21(18-3-2-10-38-18)31-35(23)24(28)30-22/h2-3,10,13-14H,4-9,11-12H2,1H3,(H2,28,30). The molecule has 222 valence electrons. The van der Waals surface area contributed by atoms with Crippen molar-refractivity contribution in [3.8, 4) is 17.3 Å². The highest BCUT2D eigenvalue weighted by Crippen LogP contribution is 2.29. The summed E-state index contributed by atoms with van der Waals surface area (Å²) in [7, 11) is 1.46. The molecule has 0 amide bonds. The maximum Gasteiger partial charge on any atom is 0.309 e. The molecule has 4 aromatic heterocycles. The van der Waals surface area contributed by atoms with E-state index in [1.165, 1.54) is 24.0 Å². The maximum absolute atomic E-state index is 14.7. The molecule has 1 fully saturated rings. The Bertz CT molecular complexity index is 1750. The molecule has 0 bridgehead atoms. The summed E-state index contributed by atoms with van der Waals surface area (Å²) in [5.41, 5.74) is 7.32. The Morgan fingerprint density at radius 1 is 1.10 bits per heavy atom. The van der Waals surface area contributed by atoms with Gasteiger partial charge in [0.15, 0.2) is 40.9 Å². The van der Waals surface area contributed by atoms with E-state index < -0.39 is 11.6 Å². The molecule has 1 aromatic carbocycles. The summed E-state index contributed by atoms with van der Waals surface area (Å²) in [5, 5.41) is 4.38. The largest absolute Gasteiger partial charge is 0.488 e. The van der Waals surface area contributed by atoms with Gasteiger partial charge >= 0.3 is 4.87 Å². The van der Waals surface area contributed by atoms with Crippen LogP contribution in [-0.4, -0.2) is 82.1 Å². The van der Waals surface area contributed by atoms with E-state index in [0.717, 1.165) is 29.7 Å². The van der Waals surface area contributed by atoms with Crippen molar-refractivity contribution in [1.82, 2.24) is 29.0 Å². The van der Waals surface area contributed by atoms with E-state index in [2.05, 4.69) is 20.0 Å². The van der Waals surface area contributed by atoms with Crippen molar-refractivity contribution in [1.29, 1.82) is 0 Å². The number of nitrogens with two attached hydrogens (primary N) is 1. The monoisotopic (exact) mass is 620 g/mol. The Balaban J connectivity index is 1.11. The second kappa shape index (κ2) is 12.2. The lowest BCUT2D eigenvalue weighted by Crippen LogP contribution is -2.47. The number of benzene rings is 1. The Labute approximate surface area is 245 Å². The normalized spacial score (nSPS) is 14.4. The number of halogens is 2. The first-order valence-electron chi connectivity index (χ1n) is 12.9. The summed E-state index contributed by atoms with van der Waals surface area (Å²) in [5.74, 6) is -0.555. The number of hydrogen-bond acceptors (Lipinski definition) is 13. The van der Waals surface area contributed by atoms with Gasteiger partial charge in [0.2, 0.25) is 11.8 Å². The van der Waals surface area contributed by atoms with Gasteiger partial charge in [0.25, 0.3) is 0 Å². The Hall–Kier alpha value is -3.77. The van der Waals surface area contributed by atoms with Crippen LogP contribution >= 0.6 is 23.7 Å². The van der Waals surface area contributed by atoms with Crippen molar-refractivity contribution in [2.75, 3.05) is 63.7 Å². The molecule has 17 heteroatoms. The predicted molar refractivity (Wildman–Crippen MR) is 154 cm³/mol. The van der Waals surface area contributed by atoms with Gasteiger partial charge in [0.1, 0.15) is 17.1 Å². The van der Waals surface area contributed by atoms with Crippen LogP contribution in [0.3, 0.4) is 0 Å². The number of piperazine rings is 1. The van der Waals surface area contributed by atoms with Gasteiger partial charge < -0.3 is 19.8 Å². The molecular formula is C25H26F2N8O5S2. The third kappa shape index (κ3) is 5.65. The molecule has 0 aliphatic carbocycles. The van der Waals surface area contributed by atoms with E-state index >= 15 is 0 Å². The van der Waals surface area contributed by atoms with Gasteiger partial charge in [-0.25, -0.2) is 13.8 Å². The quantitative estimate of drug-likeness (QED) is 0.172. The van der Waals surface area contributed by atoms with Crippen LogP contribution in [0.4, 0.5) is 20.4 Å². The van der Waals surface area contributed by atoms with Crippen molar-refractivity contribution in [3.63, 3.8) is 0 Å². The van der Waals surface area contributed by atoms with E-state index in [-0.39, 0.29) is 35.5 Å². The Morgan fingerprint density at radius 3 is 2.69 bits per heavy atom. The molecule has 5 heterocycles. The van der Waals surface area contributed by atoms with Gasteiger partial charge in [-0.1, -0.05) is 11.3 Å². The van der Waals surface area contributed by atoms with Gasteiger partial charge in [0.05, 0.1) is 25.7 Å². The minimum Gasteiger partial charge on any atom is -0.488 e. The first-order valence-corrected chi connectivity index (χ1v) is 14.4. The van der Waals surface area contributed by atoms with Gasteiger partial charge in [-0.15, -0.1) is 5.10 Å². The first-order chi connectivity index (χ1) is 20.4. The molecule has 1 saturated heterocycles. The number of anilines is 2. The van der Waals surface area contributed by atoms with Crippen molar-refractivity contribution in [2.45, 2.75) is 6.54 Å². The molecule has 0 atom stereocenters. The lowest BCUT2D eigenvalue weighted by atomic mass is 10.2. The van der Waals surface area contributed by atoms with Crippen LogP contribution in [0, 0.1) is 11.6 Å². The zero-order valence-electron chi connectivity index (χ0n) is 22.4. The van der Waals surface area contributed by atoms with Gasteiger partial charge in [-0.3, -0.25) is 22.6 Å². The lowest BCUT2D eigenvalue weighted by molar-refractivity contribution is 0.219. The number of nitrogens with zero attached hydrogens (tertiary/aromatic N) is 7. The van der Waals surface area contributed by atoms with Crippen LogP contribution in [0.2, 0.25) is 0 Å². The fourth-order valence-electron chi connectivity index (χ4n) is 4.73. The molecule has 0 radical (unpaired) electrons. The predicted octanol–water partition coefficient (Wildman–Crippen LogP) is 3.05. The third-order valence-corrected chi connectivity index (χ3v) is 8.12. The molecule has 13 nitrogen and oxygen atoms in total. The number of rotatable bonds is 11. The number of thiazole rings is 1. The summed E-state index contributed by atoms with van der Waals surface area (Å²) in [6.07, 6.45) is 1.52. The second-order valence-electron chi connectivity index (χ2n) is 9.26. The van der Waals surface area contributed by atoms with Crippen LogP contribution in [-0.2, 0) is 14.9 Å². The van der Waals surface area contributed by atoms with Crippen LogP contribution in [0.1, 0.15) is 0 Å². The first kappa shape index (κ1) is 28.4. The molecular weight excluding hydrogens is 594 g/mol. The van der Waals surface area contributed by atoms with Crippen LogP contribution in [0.25, 0.3) is 27.6 Å². The summed E-state index contributed by atoms with van der Waals surface area (Å²) in [6.45, 7) is 3.45. The fourth-order valence-corrected chi connectivity index (χ4v) is 5.89. The number of aromatic nitrogens is 5. The zero-order valence-corrected chi connectivity index (χ0v) is 24.0. The Morgan fingerprint density at radius 2 is 1.93 bits per heavy atom. The van der Waals surface area contributed by atoms with E-state index in [1.54, 1.807) is 16.7 Å². The van der Waals surface area contributed by atoms with Gasteiger partial charge in [0, 0.05) is 51.4 Å². The summed E-state index contributed by atoms with van der Waals surface area (Å²) < 4.78 is 53.1. The average Bonchev–Trinajstić information content (AvgIpc) is 3.73. The summed E-state index contributed by atoms with van der Waals surface area (Å²) >= 11 is 1.83. The van der Waals surface area contributed by atoms with Crippen molar-refractivity contribution < 1.29 is 26.3 Å². The molecule has 42 heavy (non-hydrogen) atoms. The number of hydrogen-bond donors (Lipinski definition) is 1. The van der Waals surface area contributed by atoms with Crippen LogP contribution in [0.5, 0.6) is 5.75 Å². The maximum atomic E-state index is 14.7. The average molecular weight is 621 g/mol. The van der Waals surface area contributed by atoms with Crippen molar-refractivity contribution >= 4 is 51.3 Å². The second-order valence-corrected chi connectivity index (χ2v) is 10.9. The lowest BCUT2D eigenvalue weighted by Gasteiger charge is -2.36. The summed E-state index contributed by atoms with van der Waals surface area (Å²) in [4.78, 5) is 25.8. The highest BCUT2D eigenvalue weighted by atomic mass is 32.2. The SMILES string of the molecule is COSOCCOc1cc(N2CCN(CCn3c(=O)sc4c3nc(N)n3nc(-c5ccco5)nc43)CC2)c(F)cc1F. The number of ether oxygens (including phenoxy) is 1. The van der Waals surface area contributed by atoms with E-state index in [0.29, 0.717) is 66.8 Å². The van der Waals surface area contributed by atoms with Gasteiger partial charge in [-0.05, 0) is 12.1 Å². The molecule has 6 rings (SSSR count). The van der Waals surface area contributed by atoms with E-state index in [1.807, 2.05) is 4.90 Å². The topological polar surface area (TPSA) is 138 Å². The number of furan rings is 1. The molecule has 1 aliphatic heterocycles. The molecule has 0 spiro atoms. The number of fused-ring (bicyclic) bond motifs is 3. The van der Waals surface area contributed by atoms with Crippen LogP contribution in [0.15, 0.2) is 39.7 Å². The smallest absolute Gasteiger partial charge is 0.309 e. The third-order valence-electron chi connectivity index (χ3n) is 6.75. The molecule has 5 aromatic rings. The summed E-state index contributed by atoms with van der Waals surface area (Å²) in [6, 6.07) is 5.68. The minimum absolute atomic E-state index is 0.0478.